The van der Waals surface area contributed by atoms with Crippen LogP contribution in [0.15, 0.2) is 45.7 Å². The average Bonchev–Trinajstić information content (AvgIpc) is 2.97. The maximum Gasteiger partial charge on any atom is 0.439 e. The van der Waals surface area contributed by atoms with Gasteiger partial charge in [-0.1, -0.05) is 35.5 Å². The van der Waals surface area contributed by atoms with Crippen molar-refractivity contribution < 1.29 is 4.52 Å². The van der Waals surface area contributed by atoms with Crippen LogP contribution in [0, 0.1) is 0 Å². The van der Waals surface area contributed by atoms with Crippen LogP contribution in [0.1, 0.15) is 0 Å². The highest BCUT2D eigenvalue weighted by atomic mass is 16.5. The summed E-state index contributed by atoms with van der Waals surface area (Å²) >= 11 is 0. The molecule has 0 saturated carbocycles. The summed E-state index contributed by atoms with van der Waals surface area (Å²) in [5.41, 5.74) is 2.56. The van der Waals surface area contributed by atoms with Gasteiger partial charge in [0.2, 0.25) is 5.82 Å². The zero-order valence-corrected chi connectivity index (χ0v) is 9.62. The van der Waals surface area contributed by atoms with Crippen LogP contribution < -0.4 is 5.76 Å². The lowest BCUT2D eigenvalue weighted by molar-refractivity contribution is 0.387. The number of rotatable bonds is 2. The summed E-state index contributed by atoms with van der Waals surface area (Å²) in [6, 6.07) is 11.7. The number of hydrogen-bond acceptors (Lipinski definition) is 4. The summed E-state index contributed by atoms with van der Waals surface area (Å²) in [6.07, 6.45) is 0. The van der Waals surface area contributed by atoms with Crippen molar-refractivity contribution in [2.75, 3.05) is 0 Å². The van der Waals surface area contributed by atoms with Gasteiger partial charge in [0.05, 0.1) is 5.69 Å². The first-order valence-corrected chi connectivity index (χ1v) is 5.40. The van der Waals surface area contributed by atoms with Crippen LogP contribution in [0.4, 0.5) is 0 Å². The van der Waals surface area contributed by atoms with Gasteiger partial charge in [0, 0.05) is 7.05 Å². The molecular weight excluding hydrogens is 232 g/mol. The molecule has 0 aliphatic rings. The fraction of sp³-hybridized carbons (Fsp3) is 0.0833. The Bertz CT molecular complexity index is 724. The zero-order valence-electron chi connectivity index (χ0n) is 9.62. The molecular formula is C12H10N4O2. The fourth-order valence-corrected chi connectivity index (χ4v) is 1.80. The van der Waals surface area contributed by atoms with Crippen molar-refractivity contribution in [3.63, 3.8) is 0 Å². The minimum absolute atomic E-state index is 0.331. The number of nitrogens with one attached hydrogen (secondary N) is 1. The Morgan fingerprint density at radius 1 is 1.28 bits per heavy atom. The quantitative estimate of drug-likeness (QED) is 0.737. The van der Waals surface area contributed by atoms with Crippen LogP contribution in [-0.2, 0) is 7.05 Å². The van der Waals surface area contributed by atoms with Gasteiger partial charge in [-0.3, -0.25) is 14.2 Å². The third-order valence-electron chi connectivity index (χ3n) is 2.63. The van der Waals surface area contributed by atoms with Crippen molar-refractivity contribution in [3.05, 3.63) is 46.9 Å². The topological polar surface area (TPSA) is 76.7 Å². The molecule has 0 unspecified atom stereocenters. The standard InChI is InChI=1S/C12H10N4O2/c1-16-10(8-5-3-2-4-6-8)7-9(14-16)11-13-12(17)18-15-11/h2-7H,1H3,(H,13,15,17). The van der Waals surface area contributed by atoms with Crippen LogP contribution in [0.3, 0.4) is 0 Å². The van der Waals surface area contributed by atoms with E-state index in [0.717, 1.165) is 11.3 Å². The van der Waals surface area contributed by atoms with Crippen LogP contribution in [-0.4, -0.2) is 19.9 Å². The molecule has 0 radical (unpaired) electrons. The molecule has 6 nitrogen and oxygen atoms in total. The maximum absolute atomic E-state index is 10.9. The Kier molecular flexibility index (Phi) is 2.33. The predicted octanol–water partition coefficient (Wildman–Crippen LogP) is 1.43. The van der Waals surface area contributed by atoms with Crippen molar-refractivity contribution in [2.24, 2.45) is 7.05 Å². The van der Waals surface area contributed by atoms with Crippen molar-refractivity contribution in [2.45, 2.75) is 0 Å². The van der Waals surface area contributed by atoms with Crippen LogP contribution in [0.25, 0.3) is 22.8 Å². The first-order valence-electron chi connectivity index (χ1n) is 5.40. The lowest BCUT2D eigenvalue weighted by Crippen LogP contribution is -1.96. The Balaban J connectivity index is 2.09. The van der Waals surface area contributed by atoms with Crippen molar-refractivity contribution in [1.82, 2.24) is 19.9 Å². The van der Waals surface area contributed by atoms with Crippen molar-refractivity contribution >= 4 is 0 Å². The van der Waals surface area contributed by atoms with Crippen molar-refractivity contribution in [1.29, 1.82) is 0 Å². The molecule has 2 heterocycles. The van der Waals surface area contributed by atoms with E-state index in [9.17, 15) is 4.79 Å². The van der Waals surface area contributed by atoms with E-state index in [1.807, 2.05) is 43.4 Å². The number of aryl methyl sites for hydroxylation is 1. The third-order valence-corrected chi connectivity index (χ3v) is 2.63. The van der Waals surface area contributed by atoms with E-state index in [-0.39, 0.29) is 0 Å². The van der Waals surface area contributed by atoms with Crippen LogP contribution in [0.2, 0.25) is 0 Å². The molecule has 18 heavy (non-hydrogen) atoms. The Morgan fingerprint density at radius 3 is 2.72 bits per heavy atom. The monoisotopic (exact) mass is 242 g/mol. The highest BCUT2D eigenvalue weighted by Gasteiger charge is 2.12. The first-order chi connectivity index (χ1) is 8.74. The van der Waals surface area contributed by atoms with E-state index in [0.29, 0.717) is 11.5 Å². The van der Waals surface area contributed by atoms with Gasteiger partial charge in [-0.15, -0.1) is 0 Å². The molecule has 0 bridgehead atoms. The highest BCUT2D eigenvalue weighted by molar-refractivity contribution is 5.65. The number of nitrogens with zero attached hydrogens (tertiary/aromatic N) is 3. The predicted molar refractivity (Wildman–Crippen MR) is 64.8 cm³/mol. The SMILES string of the molecule is Cn1nc(-c2noc(=O)[nH]2)cc1-c1ccccc1. The molecule has 6 heteroatoms. The summed E-state index contributed by atoms with van der Waals surface area (Å²) in [6.45, 7) is 0. The van der Waals surface area contributed by atoms with Gasteiger partial charge in [-0.2, -0.15) is 5.10 Å². The molecule has 1 aromatic carbocycles. The second kappa shape index (κ2) is 3.99. The van der Waals surface area contributed by atoms with Gasteiger partial charge < -0.3 is 0 Å². The summed E-state index contributed by atoms with van der Waals surface area (Å²) < 4.78 is 6.20. The van der Waals surface area contributed by atoms with E-state index in [1.54, 1.807) is 4.68 Å². The van der Waals surface area contributed by atoms with Gasteiger partial charge in [0.1, 0.15) is 5.69 Å². The summed E-state index contributed by atoms with van der Waals surface area (Å²) in [7, 11) is 1.84. The molecule has 0 amide bonds. The zero-order chi connectivity index (χ0) is 12.5. The van der Waals surface area contributed by atoms with Crippen molar-refractivity contribution in [3.8, 4) is 22.8 Å². The van der Waals surface area contributed by atoms with E-state index >= 15 is 0 Å². The van der Waals surface area contributed by atoms with Gasteiger partial charge in [0.15, 0.2) is 0 Å². The van der Waals surface area contributed by atoms with E-state index < -0.39 is 5.76 Å². The van der Waals surface area contributed by atoms with Gasteiger partial charge in [-0.05, 0) is 11.6 Å². The lowest BCUT2D eigenvalue weighted by atomic mass is 10.1. The van der Waals surface area contributed by atoms with E-state index in [2.05, 4.69) is 19.8 Å². The molecule has 0 atom stereocenters. The molecule has 1 N–H and O–H groups in total. The molecule has 2 aromatic heterocycles. The van der Waals surface area contributed by atoms with E-state index in [1.165, 1.54) is 0 Å². The normalized spacial score (nSPS) is 10.7. The molecule has 0 fully saturated rings. The molecule has 90 valence electrons. The van der Waals surface area contributed by atoms with Crippen LogP contribution in [0.5, 0.6) is 0 Å². The Labute approximate surface area is 102 Å². The third kappa shape index (κ3) is 1.73. The second-order valence-electron chi connectivity index (χ2n) is 3.85. The van der Waals surface area contributed by atoms with Gasteiger partial charge >= 0.3 is 5.76 Å². The number of aromatic nitrogens is 4. The van der Waals surface area contributed by atoms with E-state index in [4.69, 9.17) is 0 Å². The molecule has 3 rings (SSSR count). The molecule has 3 aromatic rings. The number of H-pyrrole nitrogens is 1. The molecule has 0 aliphatic carbocycles. The molecule has 0 spiro atoms. The molecule has 0 aliphatic heterocycles. The average molecular weight is 242 g/mol. The first kappa shape index (κ1) is 10.5. The number of aromatic amines is 1. The van der Waals surface area contributed by atoms with Gasteiger partial charge in [0.25, 0.3) is 0 Å². The highest BCUT2D eigenvalue weighted by Crippen LogP contribution is 2.22. The molecule has 0 saturated heterocycles. The van der Waals surface area contributed by atoms with Crippen LogP contribution >= 0.6 is 0 Å². The summed E-state index contributed by atoms with van der Waals surface area (Å²) in [4.78, 5) is 13.4. The van der Waals surface area contributed by atoms with Gasteiger partial charge in [-0.25, -0.2) is 4.79 Å². The largest absolute Gasteiger partial charge is 0.439 e. The minimum Gasteiger partial charge on any atom is -0.296 e. The Hall–Kier alpha value is -2.63. The number of benzene rings is 1. The summed E-state index contributed by atoms with van der Waals surface area (Å²) in [5.74, 6) is -0.255. The fourth-order valence-electron chi connectivity index (χ4n) is 1.80. The summed E-state index contributed by atoms with van der Waals surface area (Å²) in [5, 5.41) is 7.91. The maximum atomic E-state index is 10.9. The lowest BCUT2D eigenvalue weighted by Gasteiger charge is -1.99. The Morgan fingerprint density at radius 2 is 2.06 bits per heavy atom. The smallest absolute Gasteiger partial charge is 0.296 e. The second-order valence-corrected chi connectivity index (χ2v) is 3.85. The minimum atomic E-state index is -0.586. The number of hydrogen-bond donors (Lipinski definition) is 1.